The third kappa shape index (κ3) is 5.09. The van der Waals surface area contributed by atoms with Crippen LogP contribution in [0, 0.1) is 0 Å². The van der Waals surface area contributed by atoms with E-state index in [2.05, 4.69) is 5.32 Å². The Balaban J connectivity index is 2.76. The average Bonchev–Trinajstić information content (AvgIpc) is 2.42. The van der Waals surface area contributed by atoms with Gasteiger partial charge in [-0.3, -0.25) is 9.59 Å². The fourth-order valence-corrected chi connectivity index (χ4v) is 1.75. The first kappa shape index (κ1) is 17.0. The van der Waals surface area contributed by atoms with Gasteiger partial charge in [-0.15, -0.1) is 0 Å². The van der Waals surface area contributed by atoms with E-state index in [9.17, 15) is 22.8 Å². The summed E-state index contributed by atoms with van der Waals surface area (Å²) in [6.45, 7) is 1.93. The Bertz CT molecular complexity index is 498. The van der Waals surface area contributed by atoms with Crippen molar-refractivity contribution >= 4 is 11.8 Å². The summed E-state index contributed by atoms with van der Waals surface area (Å²) in [5.74, 6) is -1.28. The molecule has 7 heteroatoms. The number of carbonyl (C=O) groups excluding carboxylic acids is 2. The standard InChI is InChI=1S/C14H17F3N2O2/c1-2-3-4-11(12(18)20)19-13(21)9-5-7-10(8-6-9)14(15,16)17/h5-8,11H,2-4H2,1H3,(H2,18,20)(H,19,21)/t11-/m0/s1. The number of primary amides is 1. The van der Waals surface area contributed by atoms with Gasteiger partial charge in [-0.25, -0.2) is 0 Å². The molecule has 0 aliphatic heterocycles. The minimum Gasteiger partial charge on any atom is -0.368 e. The lowest BCUT2D eigenvalue weighted by atomic mass is 10.1. The number of amides is 2. The predicted molar refractivity (Wildman–Crippen MR) is 71.4 cm³/mol. The highest BCUT2D eigenvalue weighted by Crippen LogP contribution is 2.29. The second-order valence-electron chi connectivity index (χ2n) is 4.65. The summed E-state index contributed by atoms with van der Waals surface area (Å²) in [7, 11) is 0. The molecule has 0 fully saturated rings. The molecule has 1 aromatic carbocycles. The van der Waals surface area contributed by atoms with Crippen molar-refractivity contribution in [2.45, 2.75) is 38.4 Å². The fourth-order valence-electron chi connectivity index (χ4n) is 1.75. The van der Waals surface area contributed by atoms with Crippen LogP contribution in [0.5, 0.6) is 0 Å². The van der Waals surface area contributed by atoms with Crippen molar-refractivity contribution in [1.82, 2.24) is 5.32 Å². The quantitative estimate of drug-likeness (QED) is 0.847. The SMILES string of the molecule is CCCC[C@H](NC(=O)c1ccc(C(F)(F)F)cc1)C(N)=O. The van der Waals surface area contributed by atoms with Crippen molar-refractivity contribution < 1.29 is 22.8 Å². The van der Waals surface area contributed by atoms with Gasteiger partial charge in [0.2, 0.25) is 5.91 Å². The monoisotopic (exact) mass is 302 g/mol. The molecule has 1 aromatic rings. The van der Waals surface area contributed by atoms with Gasteiger partial charge in [0, 0.05) is 5.56 Å². The number of nitrogens with two attached hydrogens (primary N) is 1. The minimum absolute atomic E-state index is 0.0470. The molecule has 0 unspecified atom stereocenters. The first-order chi connectivity index (χ1) is 9.75. The van der Waals surface area contributed by atoms with E-state index in [4.69, 9.17) is 5.73 Å². The molecule has 0 saturated carbocycles. The molecule has 4 nitrogen and oxygen atoms in total. The highest BCUT2D eigenvalue weighted by Gasteiger charge is 2.30. The van der Waals surface area contributed by atoms with E-state index in [-0.39, 0.29) is 5.56 Å². The summed E-state index contributed by atoms with van der Waals surface area (Å²) < 4.78 is 37.2. The van der Waals surface area contributed by atoms with Crippen LogP contribution >= 0.6 is 0 Å². The summed E-state index contributed by atoms with van der Waals surface area (Å²) in [6.07, 6.45) is -2.51. The zero-order valence-electron chi connectivity index (χ0n) is 11.5. The fraction of sp³-hybridized carbons (Fsp3) is 0.429. The minimum atomic E-state index is -4.45. The molecule has 0 aromatic heterocycles. The summed E-state index contributed by atoms with van der Waals surface area (Å²) in [6, 6.07) is 2.95. The van der Waals surface area contributed by atoms with Crippen molar-refractivity contribution in [2.75, 3.05) is 0 Å². The number of hydrogen-bond donors (Lipinski definition) is 2. The number of rotatable bonds is 6. The molecule has 3 N–H and O–H groups in total. The van der Waals surface area contributed by atoms with Gasteiger partial charge >= 0.3 is 6.18 Å². The van der Waals surface area contributed by atoms with E-state index in [1.807, 2.05) is 6.92 Å². The molecule has 0 heterocycles. The van der Waals surface area contributed by atoms with Crippen molar-refractivity contribution in [2.24, 2.45) is 5.73 Å². The van der Waals surface area contributed by atoms with Gasteiger partial charge in [0.25, 0.3) is 5.91 Å². The smallest absolute Gasteiger partial charge is 0.368 e. The van der Waals surface area contributed by atoms with E-state index < -0.39 is 29.6 Å². The molecular weight excluding hydrogens is 285 g/mol. The van der Waals surface area contributed by atoms with Gasteiger partial charge in [0.15, 0.2) is 0 Å². The first-order valence-corrected chi connectivity index (χ1v) is 6.53. The number of carbonyl (C=O) groups is 2. The normalized spacial score (nSPS) is 12.8. The summed E-state index contributed by atoms with van der Waals surface area (Å²) in [5.41, 5.74) is 4.39. The number of benzene rings is 1. The van der Waals surface area contributed by atoms with E-state index in [0.717, 1.165) is 30.7 Å². The highest BCUT2D eigenvalue weighted by molar-refractivity contribution is 5.97. The van der Waals surface area contributed by atoms with Crippen LogP contribution < -0.4 is 11.1 Å². The van der Waals surface area contributed by atoms with Gasteiger partial charge < -0.3 is 11.1 Å². The van der Waals surface area contributed by atoms with Crippen LogP contribution in [0.25, 0.3) is 0 Å². The van der Waals surface area contributed by atoms with Crippen LogP contribution in [0.1, 0.15) is 42.1 Å². The van der Waals surface area contributed by atoms with Gasteiger partial charge in [-0.1, -0.05) is 19.8 Å². The zero-order valence-corrected chi connectivity index (χ0v) is 11.5. The third-order valence-electron chi connectivity index (χ3n) is 2.97. The van der Waals surface area contributed by atoms with Crippen molar-refractivity contribution in [1.29, 1.82) is 0 Å². The summed E-state index contributed by atoms with van der Waals surface area (Å²) in [5, 5.41) is 2.43. The van der Waals surface area contributed by atoms with Crippen LogP contribution in [-0.4, -0.2) is 17.9 Å². The molecule has 2 amide bonds. The van der Waals surface area contributed by atoms with Gasteiger partial charge in [-0.05, 0) is 30.7 Å². The van der Waals surface area contributed by atoms with Crippen LogP contribution in [0.15, 0.2) is 24.3 Å². The molecule has 1 rings (SSSR count). The second-order valence-corrected chi connectivity index (χ2v) is 4.65. The lowest BCUT2D eigenvalue weighted by Crippen LogP contribution is -2.44. The van der Waals surface area contributed by atoms with Gasteiger partial charge in [0.05, 0.1) is 5.56 Å². The second kappa shape index (κ2) is 7.10. The van der Waals surface area contributed by atoms with Crippen molar-refractivity contribution in [3.05, 3.63) is 35.4 Å². The van der Waals surface area contributed by atoms with E-state index in [1.54, 1.807) is 0 Å². The molecule has 21 heavy (non-hydrogen) atoms. The third-order valence-corrected chi connectivity index (χ3v) is 2.97. The van der Waals surface area contributed by atoms with Gasteiger partial charge in [0.1, 0.15) is 6.04 Å². The number of halogens is 3. The lowest BCUT2D eigenvalue weighted by molar-refractivity contribution is -0.137. The number of alkyl halides is 3. The highest BCUT2D eigenvalue weighted by atomic mass is 19.4. The van der Waals surface area contributed by atoms with Crippen molar-refractivity contribution in [3.63, 3.8) is 0 Å². The zero-order chi connectivity index (χ0) is 16.0. The molecule has 0 spiro atoms. The van der Waals surface area contributed by atoms with E-state index >= 15 is 0 Å². The first-order valence-electron chi connectivity index (χ1n) is 6.53. The van der Waals surface area contributed by atoms with E-state index in [0.29, 0.717) is 12.8 Å². The Kier molecular flexibility index (Phi) is 5.75. The van der Waals surface area contributed by atoms with Gasteiger partial charge in [-0.2, -0.15) is 13.2 Å². The van der Waals surface area contributed by atoms with Crippen LogP contribution in [0.3, 0.4) is 0 Å². The molecule has 0 bridgehead atoms. The number of hydrogen-bond acceptors (Lipinski definition) is 2. The van der Waals surface area contributed by atoms with Crippen LogP contribution in [0.2, 0.25) is 0 Å². The maximum Gasteiger partial charge on any atom is 0.416 e. The molecule has 0 aliphatic carbocycles. The Morgan fingerprint density at radius 1 is 1.24 bits per heavy atom. The predicted octanol–water partition coefficient (Wildman–Crippen LogP) is 2.48. The maximum absolute atomic E-state index is 12.4. The maximum atomic E-state index is 12.4. The van der Waals surface area contributed by atoms with Crippen LogP contribution in [-0.2, 0) is 11.0 Å². The molecule has 0 saturated heterocycles. The Hall–Kier alpha value is -2.05. The molecule has 0 radical (unpaired) electrons. The summed E-state index contributed by atoms with van der Waals surface area (Å²) >= 11 is 0. The molecular formula is C14H17F3N2O2. The van der Waals surface area contributed by atoms with Crippen LogP contribution in [0.4, 0.5) is 13.2 Å². The Morgan fingerprint density at radius 2 is 1.81 bits per heavy atom. The molecule has 0 aliphatic rings. The average molecular weight is 302 g/mol. The Morgan fingerprint density at radius 3 is 2.24 bits per heavy atom. The van der Waals surface area contributed by atoms with E-state index in [1.165, 1.54) is 0 Å². The molecule has 1 atom stereocenters. The topological polar surface area (TPSA) is 72.2 Å². The largest absolute Gasteiger partial charge is 0.416 e. The van der Waals surface area contributed by atoms with Crippen molar-refractivity contribution in [3.8, 4) is 0 Å². The Labute approximate surface area is 120 Å². The molecule has 116 valence electrons. The number of nitrogens with one attached hydrogen (secondary N) is 1. The number of unbranched alkanes of at least 4 members (excludes halogenated alkanes) is 1. The lowest BCUT2D eigenvalue weighted by Gasteiger charge is -2.15. The summed E-state index contributed by atoms with van der Waals surface area (Å²) in [4.78, 5) is 23.1.